The van der Waals surface area contributed by atoms with E-state index in [0.29, 0.717) is 6.04 Å². The lowest BCUT2D eigenvalue weighted by Crippen LogP contribution is -2.32. The molecule has 3 heteroatoms. The van der Waals surface area contributed by atoms with Gasteiger partial charge in [-0.2, -0.15) is 0 Å². The molecule has 1 N–H and O–H groups in total. The van der Waals surface area contributed by atoms with Crippen molar-refractivity contribution in [2.24, 2.45) is 5.92 Å². The van der Waals surface area contributed by atoms with Gasteiger partial charge in [0.25, 0.3) is 0 Å². The number of aromatic nitrogens is 1. The molecule has 1 fully saturated rings. The average molecular weight is 266 g/mol. The molecule has 2 unspecified atom stereocenters. The number of hydrogen-bond donors (Lipinski definition) is 1. The van der Waals surface area contributed by atoms with Gasteiger partial charge in [-0.15, -0.1) is 11.3 Å². The Balaban J connectivity index is 1.85. The van der Waals surface area contributed by atoms with Crippen LogP contribution in [0, 0.1) is 5.92 Å². The van der Waals surface area contributed by atoms with Crippen molar-refractivity contribution in [1.82, 2.24) is 10.3 Å². The molecule has 1 aliphatic rings. The van der Waals surface area contributed by atoms with Crippen molar-refractivity contribution < 1.29 is 0 Å². The van der Waals surface area contributed by atoms with Gasteiger partial charge in [-0.25, -0.2) is 4.98 Å². The Morgan fingerprint density at radius 2 is 2.17 bits per heavy atom. The van der Waals surface area contributed by atoms with E-state index >= 15 is 0 Å². The highest BCUT2D eigenvalue weighted by atomic mass is 32.1. The van der Waals surface area contributed by atoms with Crippen LogP contribution >= 0.6 is 11.3 Å². The lowest BCUT2D eigenvalue weighted by Gasteiger charge is -2.27. The highest BCUT2D eigenvalue weighted by Gasteiger charge is 2.20. The van der Waals surface area contributed by atoms with Crippen molar-refractivity contribution >= 4 is 11.3 Å². The molecule has 102 valence electrons. The molecule has 2 nitrogen and oxygen atoms in total. The number of nitrogens with zero attached hydrogens (tertiary/aromatic N) is 1. The van der Waals surface area contributed by atoms with Gasteiger partial charge in [0.15, 0.2) is 0 Å². The normalized spacial score (nSPS) is 25.3. The van der Waals surface area contributed by atoms with Crippen LogP contribution in [0.3, 0.4) is 0 Å². The summed E-state index contributed by atoms with van der Waals surface area (Å²) >= 11 is 1.86. The van der Waals surface area contributed by atoms with E-state index < -0.39 is 0 Å². The molecule has 0 amide bonds. The molecule has 0 aromatic carbocycles. The van der Waals surface area contributed by atoms with Gasteiger partial charge in [-0.1, -0.05) is 40.5 Å². The molecule has 1 aromatic rings. The van der Waals surface area contributed by atoms with Gasteiger partial charge >= 0.3 is 0 Å². The first-order chi connectivity index (χ1) is 8.45. The molecular weight excluding hydrogens is 240 g/mol. The number of rotatable bonds is 3. The summed E-state index contributed by atoms with van der Waals surface area (Å²) in [7, 11) is 0. The molecule has 0 bridgehead atoms. The summed E-state index contributed by atoms with van der Waals surface area (Å²) in [4.78, 5) is 5.92. The molecule has 1 heterocycles. The SMILES string of the molecule is CC1CCCC(NCc2cnc(C(C)(C)C)s2)C1. The van der Waals surface area contributed by atoms with E-state index in [1.807, 2.05) is 17.5 Å². The molecule has 0 radical (unpaired) electrons. The summed E-state index contributed by atoms with van der Waals surface area (Å²) in [6.45, 7) is 10.0. The van der Waals surface area contributed by atoms with Crippen LogP contribution in [0.1, 0.15) is 63.3 Å². The molecule has 1 saturated carbocycles. The minimum absolute atomic E-state index is 0.183. The Morgan fingerprint density at radius 1 is 1.39 bits per heavy atom. The van der Waals surface area contributed by atoms with Crippen molar-refractivity contribution in [1.29, 1.82) is 0 Å². The molecule has 18 heavy (non-hydrogen) atoms. The molecule has 2 atom stereocenters. The van der Waals surface area contributed by atoms with E-state index in [2.05, 4.69) is 38.0 Å². The van der Waals surface area contributed by atoms with Crippen LogP contribution in [-0.2, 0) is 12.0 Å². The molecule has 2 rings (SSSR count). The van der Waals surface area contributed by atoms with E-state index in [1.54, 1.807) is 0 Å². The molecule has 1 aromatic heterocycles. The van der Waals surface area contributed by atoms with Crippen LogP contribution in [0.15, 0.2) is 6.20 Å². The first kappa shape index (κ1) is 14.0. The Hall–Kier alpha value is -0.410. The topological polar surface area (TPSA) is 24.9 Å². The predicted molar refractivity (Wildman–Crippen MR) is 79.1 cm³/mol. The lowest BCUT2D eigenvalue weighted by molar-refractivity contribution is 0.301. The van der Waals surface area contributed by atoms with Crippen molar-refractivity contribution in [3.63, 3.8) is 0 Å². The van der Waals surface area contributed by atoms with Crippen LogP contribution in [0.5, 0.6) is 0 Å². The third kappa shape index (κ3) is 3.79. The number of hydrogen-bond acceptors (Lipinski definition) is 3. The highest BCUT2D eigenvalue weighted by molar-refractivity contribution is 7.11. The summed E-state index contributed by atoms with van der Waals surface area (Å²) < 4.78 is 0. The summed E-state index contributed by atoms with van der Waals surface area (Å²) in [5, 5.41) is 4.95. The maximum absolute atomic E-state index is 4.54. The van der Waals surface area contributed by atoms with Gasteiger partial charge < -0.3 is 5.32 Å². The van der Waals surface area contributed by atoms with E-state index in [9.17, 15) is 0 Å². The Bertz CT molecular complexity index is 378. The van der Waals surface area contributed by atoms with Crippen molar-refractivity contribution in [3.05, 3.63) is 16.1 Å². The van der Waals surface area contributed by atoms with Gasteiger partial charge in [0, 0.05) is 29.1 Å². The molecule has 0 saturated heterocycles. The summed E-state index contributed by atoms with van der Waals surface area (Å²) in [6, 6.07) is 0.717. The second-order valence-corrected chi connectivity index (χ2v) is 7.85. The van der Waals surface area contributed by atoms with Crippen molar-refractivity contribution in [2.45, 2.75) is 71.4 Å². The Morgan fingerprint density at radius 3 is 2.78 bits per heavy atom. The second-order valence-electron chi connectivity index (χ2n) is 6.73. The summed E-state index contributed by atoms with van der Waals surface area (Å²) in [5.41, 5.74) is 0.183. The third-order valence-electron chi connectivity index (χ3n) is 3.70. The van der Waals surface area contributed by atoms with Gasteiger partial charge in [-0.3, -0.25) is 0 Å². The maximum atomic E-state index is 4.54. The molecule has 1 aliphatic carbocycles. The Labute approximate surface area is 115 Å². The summed E-state index contributed by atoms with van der Waals surface area (Å²) in [5.74, 6) is 0.892. The fourth-order valence-corrected chi connectivity index (χ4v) is 3.52. The van der Waals surface area contributed by atoms with E-state index in [-0.39, 0.29) is 5.41 Å². The van der Waals surface area contributed by atoms with Crippen LogP contribution in [0.2, 0.25) is 0 Å². The highest BCUT2D eigenvalue weighted by Crippen LogP contribution is 2.27. The first-order valence-electron chi connectivity index (χ1n) is 7.13. The van der Waals surface area contributed by atoms with E-state index in [4.69, 9.17) is 0 Å². The standard InChI is InChI=1S/C15H26N2S/c1-11-6-5-7-12(8-11)16-9-13-10-17-14(18-13)15(2,3)4/h10-12,16H,5-9H2,1-4H3. The summed E-state index contributed by atoms with van der Waals surface area (Å²) in [6.07, 6.45) is 7.52. The average Bonchev–Trinajstić information content (AvgIpc) is 2.74. The second kappa shape index (κ2) is 5.70. The lowest BCUT2D eigenvalue weighted by atomic mass is 9.87. The van der Waals surface area contributed by atoms with Crippen LogP contribution in [-0.4, -0.2) is 11.0 Å². The quantitative estimate of drug-likeness (QED) is 0.890. The zero-order valence-electron chi connectivity index (χ0n) is 12.1. The van der Waals surface area contributed by atoms with E-state index in [1.165, 1.54) is 35.6 Å². The van der Waals surface area contributed by atoms with Crippen LogP contribution in [0.25, 0.3) is 0 Å². The predicted octanol–water partition coefficient (Wildman–Crippen LogP) is 4.11. The van der Waals surface area contributed by atoms with Gasteiger partial charge in [0.05, 0.1) is 5.01 Å². The third-order valence-corrected chi connectivity index (χ3v) is 5.12. The van der Waals surface area contributed by atoms with E-state index in [0.717, 1.165) is 12.5 Å². The monoisotopic (exact) mass is 266 g/mol. The number of nitrogens with one attached hydrogen (secondary N) is 1. The smallest absolute Gasteiger partial charge is 0.0981 e. The zero-order valence-corrected chi connectivity index (χ0v) is 12.9. The van der Waals surface area contributed by atoms with Gasteiger partial charge in [-0.05, 0) is 18.8 Å². The maximum Gasteiger partial charge on any atom is 0.0981 e. The van der Waals surface area contributed by atoms with Gasteiger partial charge in [0.2, 0.25) is 0 Å². The molecular formula is C15H26N2S. The van der Waals surface area contributed by atoms with Gasteiger partial charge in [0.1, 0.15) is 0 Å². The van der Waals surface area contributed by atoms with Crippen molar-refractivity contribution in [3.8, 4) is 0 Å². The fourth-order valence-electron chi connectivity index (χ4n) is 2.60. The fraction of sp³-hybridized carbons (Fsp3) is 0.800. The zero-order chi connectivity index (χ0) is 13.2. The minimum Gasteiger partial charge on any atom is -0.309 e. The Kier molecular flexibility index (Phi) is 4.44. The van der Waals surface area contributed by atoms with Crippen molar-refractivity contribution in [2.75, 3.05) is 0 Å². The minimum atomic E-state index is 0.183. The largest absolute Gasteiger partial charge is 0.309 e. The van der Waals surface area contributed by atoms with Crippen LogP contribution in [0.4, 0.5) is 0 Å². The van der Waals surface area contributed by atoms with Crippen LogP contribution < -0.4 is 5.32 Å². The molecule has 0 aliphatic heterocycles. The number of thiazole rings is 1. The molecule has 0 spiro atoms. The first-order valence-corrected chi connectivity index (χ1v) is 7.95.